The van der Waals surface area contributed by atoms with Crippen LogP contribution in [0.5, 0.6) is 5.75 Å². The second kappa shape index (κ2) is 2.96. The zero-order valence-electron chi connectivity index (χ0n) is 6.82. The van der Waals surface area contributed by atoms with E-state index >= 15 is 0 Å². The molecular weight excluding hydrogens is 186 g/mol. The Kier molecular flexibility index (Phi) is 1.92. The summed E-state index contributed by atoms with van der Waals surface area (Å²) in [7, 11) is 0. The molecule has 1 aliphatic heterocycles. The van der Waals surface area contributed by atoms with Gasteiger partial charge in [-0.1, -0.05) is 6.07 Å². The van der Waals surface area contributed by atoms with E-state index < -0.39 is 0 Å². The van der Waals surface area contributed by atoms with Crippen LogP contribution in [0.3, 0.4) is 0 Å². The van der Waals surface area contributed by atoms with Crippen LogP contribution in [0.25, 0.3) is 0 Å². The molecule has 0 aliphatic carbocycles. The standard InChI is InChI=1S/C9H9NO2S/c11-5-1-2-6-7(3-5)10-9(12)4-8(6)13/h1-3,8,11,13H,4H2,(H,10,12). The van der Waals surface area contributed by atoms with E-state index in [1.54, 1.807) is 12.1 Å². The predicted octanol–water partition coefficient (Wildman–Crippen LogP) is 1.71. The summed E-state index contributed by atoms with van der Waals surface area (Å²) in [6, 6.07) is 4.91. The highest BCUT2D eigenvalue weighted by Crippen LogP contribution is 2.36. The van der Waals surface area contributed by atoms with Crippen molar-refractivity contribution in [2.24, 2.45) is 0 Å². The van der Waals surface area contributed by atoms with Gasteiger partial charge in [0.05, 0.1) is 0 Å². The number of rotatable bonds is 0. The fourth-order valence-electron chi connectivity index (χ4n) is 1.43. The van der Waals surface area contributed by atoms with Crippen LogP contribution < -0.4 is 5.32 Å². The maximum absolute atomic E-state index is 11.1. The van der Waals surface area contributed by atoms with Crippen LogP contribution in [0.1, 0.15) is 17.2 Å². The molecule has 13 heavy (non-hydrogen) atoms. The number of carbonyl (C=O) groups is 1. The lowest BCUT2D eigenvalue weighted by Crippen LogP contribution is -2.20. The summed E-state index contributed by atoms with van der Waals surface area (Å²) >= 11 is 4.29. The number of phenolic OH excluding ortho intramolecular Hbond substituents is 1. The van der Waals surface area contributed by atoms with Gasteiger partial charge in [0.1, 0.15) is 5.75 Å². The average molecular weight is 195 g/mol. The van der Waals surface area contributed by atoms with Crippen molar-refractivity contribution >= 4 is 24.2 Å². The maximum Gasteiger partial charge on any atom is 0.225 e. The van der Waals surface area contributed by atoms with E-state index in [1.165, 1.54) is 6.07 Å². The van der Waals surface area contributed by atoms with Crippen molar-refractivity contribution in [3.05, 3.63) is 23.8 Å². The zero-order valence-corrected chi connectivity index (χ0v) is 7.71. The Morgan fingerprint density at radius 3 is 3.08 bits per heavy atom. The minimum atomic E-state index is -0.0654. The van der Waals surface area contributed by atoms with Crippen molar-refractivity contribution < 1.29 is 9.90 Å². The Labute approximate surface area is 81.2 Å². The van der Waals surface area contributed by atoms with Crippen LogP contribution in [0.15, 0.2) is 18.2 Å². The van der Waals surface area contributed by atoms with Crippen molar-refractivity contribution in [3.63, 3.8) is 0 Å². The van der Waals surface area contributed by atoms with Gasteiger partial charge in [-0.05, 0) is 11.6 Å². The third-order valence-corrected chi connectivity index (χ3v) is 2.51. The maximum atomic E-state index is 11.1. The highest BCUT2D eigenvalue weighted by Gasteiger charge is 2.22. The number of hydrogen-bond donors (Lipinski definition) is 3. The van der Waals surface area contributed by atoms with Gasteiger partial charge in [-0.2, -0.15) is 12.6 Å². The van der Waals surface area contributed by atoms with E-state index in [2.05, 4.69) is 17.9 Å². The van der Waals surface area contributed by atoms with Crippen LogP contribution in [0.2, 0.25) is 0 Å². The minimum Gasteiger partial charge on any atom is -0.508 e. The van der Waals surface area contributed by atoms with E-state index in [1.807, 2.05) is 0 Å². The van der Waals surface area contributed by atoms with Gasteiger partial charge >= 0.3 is 0 Å². The van der Waals surface area contributed by atoms with Crippen LogP contribution >= 0.6 is 12.6 Å². The third-order valence-electron chi connectivity index (χ3n) is 2.05. The monoisotopic (exact) mass is 195 g/mol. The normalized spacial score (nSPS) is 20.7. The van der Waals surface area contributed by atoms with Crippen molar-refractivity contribution in [1.29, 1.82) is 0 Å². The molecule has 0 fully saturated rings. The number of hydrogen-bond acceptors (Lipinski definition) is 3. The van der Waals surface area contributed by atoms with Crippen LogP contribution in [-0.4, -0.2) is 11.0 Å². The molecule has 1 unspecified atom stereocenters. The summed E-state index contributed by atoms with van der Waals surface area (Å²) in [6.07, 6.45) is 0.390. The largest absolute Gasteiger partial charge is 0.508 e. The number of carbonyl (C=O) groups excluding carboxylic acids is 1. The molecule has 1 atom stereocenters. The molecule has 1 heterocycles. The topological polar surface area (TPSA) is 49.3 Å². The van der Waals surface area contributed by atoms with Crippen molar-refractivity contribution in [3.8, 4) is 5.75 Å². The number of nitrogens with one attached hydrogen (secondary N) is 1. The number of anilines is 1. The molecule has 0 spiro atoms. The first-order chi connectivity index (χ1) is 6.16. The molecule has 0 aromatic heterocycles. The molecule has 2 N–H and O–H groups in total. The van der Waals surface area contributed by atoms with Gasteiger partial charge in [0.25, 0.3) is 0 Å². The summed E-state index contributed by atoms with van der Waals surface area (Å²) in [5, 5.41) is 11.8. The number of aromatic hydroxyl groups is 1. The minimum absolute atomic E-state index is 0.0573. The van der Waals surface area contributed by atoms with E-state index in [0.717, 1.165) is 5.56 Å². The molecule has 3 nitrogen and oxygen atoms in total. The molecule has 68 valence electrons. The van der Waals surface area contributed by atoms with Gasteiger partial charge < -0.3 is 10.4 Å². The zero-order chi connectivity index (χ0) is 9.42. The predicted molar refractivity (Wildman–Crippen MR) is 53.1 cm³/mol. The summed E-state index contributed by atoms with van der Waals surface area (Å²) in [4.78, 5) is 11.1. The first kappa shape index (κ1) is 8.44. The molecule has 0 saturated carbocycles. The van der Waals surface area contributed by atoms with Gasteiger partial charge in [0.2, 0.25) is 5.91 Å². The summed E-state index contributed by atoms with van der Waals surface area (Å²) in [6.45, 7) is 0. The Morgan fingerprint density at radius 1 is 1.54 bits per heavy atom. The molecule has 1 amide bonds. The van der Waals surface area contributed by atoms with Crippen LogP contribution in [0.4, 0.5) is 5.69 Å². The van der Waals surface area contributed by atoms with Gasteiger partial charge in [-0.15, -0.1) is 0 Å². The van der Waals surface area contributed by atoms with Crippen LogP contribution in [0, 0.1) is 0 Å². The highest BCUT2D eigenvalue weighted by molar-refractivity contribution is 7.80. The smallest absolute Gasteiger partial charge is 0.225 e. The summed E-state index contributed by atoms with van der Waals surface area (Å²) in [5.41, 5.74) is 1.62. The molecule has 1 aromatic rings. The van der Waals surface area contributed by atoms with E-state index in [0.29, 0.717) is 12.1 Å². The number of fused-ring (bicyclic) bond motifs is 1. The number of amides is 1. The molecule has 1 aromatic carbocycles. The molecule has 0 radical (unpaired) electrons. The lowest BCUT2D eigenvalue weighted by molar-refractivity contribution is -0.116. The lowest BCUT2D eigenvalue weighted by Gasteiger charge is -2.21. The molecule has 0 saturated heterocycles. The van der Waals surface area contributed by atoms with E-state index in [-0.39, 0.29) is 16.9 Å². The summed E-state index contributed by atoms with van der Waals surface area (Å²) in [5.74, 6) is 0.0968. The fourth-order valence-corrected chi connectivity index (χ4v) is 1.82. The Morgan fingerprint density at radius 2 is 2.31 bits per heavy atom. The first-order valence-corrected chi connectivity index (χ1v) is 4.49. The number of benzene rings is 1. The Bertz CT molecular complexity index is 365. The number of phenols is 1. The van der Waals surface area contributed by atoms with Crippen molar-refractivity contribution in [2.75, 3.05) is 5.32 Å². The molecule has 0 bridgehead atoms. The molecular formula is C9H9NO2S. The van der Waals surface area contributed by atoms with Crippen LogP contribution in [-0.2, 0) is 4.79 Å². The molecule has 2 rings (SSSR count). The second-order valence-corrected chi connectivity index (χ2v) is 3.66. The van der Waals surface area contributed by atoms with Gasteiger partial charge in [0.15, 0.2) is 0 Å². The van der Waals surface area contributed by atoms with E-state index in [4.69, 9.17) is 0 Å². The second-order valence-electron chi connectivity index (χ2n) is 3.04. The average Bonchev–Trinajstić information content (AvgIpc) is 2.02. The highest BCUT2D eigenvalue weighted by atomic mass is 32.1. The Hall–Kier alpha value is -1.16. The fraction of sp³-hybridized carbons (Fsp3) is 0.222. The Balaban J connectivity index is 2.49. The van der Waals surface area contributed by atoms with Gasteiger partial charge in [0, 0.05) is 23.4 Å². The summed E-state index contributed by atoms with van der Waals surface area (Å²) < 4.78 is 0. The SMILES string of the molecule is O=C1CC(S)c2ccc(O)cc2N1. The molecule has 4 heteroatoms. The quantitative estimate of drug-likeness (QED) is 0.552. The third kappa shape index (κ3) is 1.49. The van der Waals surface area contributed by atoms with E-state index in [9.17, 15) is 9.90 Å². The van der Waals surface area contributed by atoms with Gasteiger partial charge in [-0.3, -0.25) is 4.79 Å². The number of thiol groups is 1. The van der Waals surface area contributed by atoms with Crippen molar-refractivity contribution in [1.82, 2.24) is 0 Å². The van der Waals surface area contributed by atoms with Gasteiger partial charge in [-0.25, -0.2) is 0 Å². The lowest BCUT2D eigenvalue weighted by atomic mass is 10.0. The molecule has 1 aliphatic rings. The first-order valence-electron chi connectivity index (χ1n) is 3.97. The van der Waals surface area contributed by atoms with Crippen molar-refractivity contribution in [2.45, 2.75) is 11.7 Å².